The van der Waals surface area contributed by atoms with E-state index in [-0.39, 0.29) is 0 Å². The van der Waals surface area contributed by atoms with Crippen LogP contribution in [0.15, 0.2) is 18.2 Å². The summed E-state index contributed by atoms with van der Waals surface area (Å²) in [6, 6.07) is 3.94. The molecule has 0 atom stereocenters. The van der Waals surface area contributed by atoms with E-state index in [4.69, 9.17) is 4.74 Å². The molecule has 34 heavy (non-hydrogen) atoms. The molecule has 0 radical (unpaired) electrons. The van der Waals surface area contributed by atoms with Gasteiger partial charge in [0.25, 0.3) is 0 Å². The van der Waals surface area contributed by atoms with Crippen LogP contribution in [0.3, 0.4) is 0 Å². The van der Waals surface area contributed by atoms with Crippen molar-refractivity contribution in [2.75, 3.05) is 0 Å². The van der Waals surface area contributed by atoms with E-state index in [0.717, 1.165) is 19.3 Å². The molecule has 0 aliphatic heterocycles. The van der Waals surface area contributed by atoms with E-state index in [1.165, 1.54) is 12.1 Å². The van der Waals surface area contributed by atoms with Crippen molar-refractivity contribution in [1.82, 2.24) is 0 Å². The van der Waals surface area contributed by atoms with Gasteiger partial charge < -0.3 is 4.74 Å². The zero-order valence-electron chi connectivity index (χ0n) is 18.1. The second kappa shape index (κ2) is 10.3. The molecule has 0 spiro atoms. The summed E-state index contributed by atoms with van der Waals surface area (Å²) in [5.41, 5.74) is 0.671. The molecule has 0 saturated heterocycles. The van der Waals surface area contributed by atoms with Crippen molar-refractivity contribution >= 4 is 5.97 Å². The van der Waals surface area contributed by atoms with Gasteiger partial charge in [-0.05, 0) is 56.2 Å². The van der Waals surface area contributed by atoms with Crippen LogP contribution in [0.4, 0.5) is 43.9 Å². The maximum Gasteiger partial charge on any atom is 0.460 e. The predicted octanol–water partition coefficient (Wildman–Crippen LogP) is 7.74. The van der Waals surface area contributed by atoms with Gasteiger partial charge in [0.15, 0.2) is 11.6 Å². The van der Waals surface area contributed by atoms with Gasteiger partial charge in [0.2, 0.25) is 0 Å². The number of hydrogen-bond acceptors (Lipinski definition) is 2. The lowest BCUT2D eigenvalue weighted by Gasteiger charge is -2.39. The standard InChI is InChI=1S/C22H24F10O2/c1-2-3-4-5-13-6-11-17(16(23)12-13)34-18(33)14-7-9-15(10-8-14)19(24,25)20(26,27)21(28,29)22(30,31)32/h6,11-12,14-15H,2-5,7-10H2,1H3. The van der Waals surface area contributed by atoms with Crippen LogP contribution in [0.1, 0.15) is 57.4 Å². The summed E-state index contributed by atoms with van der Waals surface area (Å²) in [5.74, 6) is -25.2. The van der Waals surface area contributed by atoms with Crippen molar-refractivity contribution in [3.63, 3.8) is 0 Å². The topological polar surface area (TPSA) is 26.3 Å². The van der Waals surface area contributed by atoms with Crippen LogP contribution in [0.2, 0.25) is 0 Å². The highest BCUT2D eigenvalue weighted by Crippen LogP contribution is 2.57. The molecule has 0 heterocycles. The number of carbonyl (C=O) groups is 1. The first-order valence-corrected chi connectivity index (χ1v) is 10.8. The molecule has 0 amide bonds. The van der Waals surface area contributed by atoms with Gasteiger partial charge in [-0.3, -0.25) is 4.79 Å². The third kappa shape index (κ3) is 5.62. The first-order valence-electron chi connectivity index (χ1n) is 10.8. The quantitative estimate of drug-likeness (QED) is 0.147. The molecular formula is C22H24F10O2. The van der Waals surface area contributed by atoms with Crippen LogP contribution in [-0.4, -0.2) is 29.9 Å². The molecule has 1 fully saturated rings. The fourth-order valence-electron chi connectivity index (χ4n) is 3.89. The van der Waals surface area contributed by atoms with Crippen molar-refractivity contribution in [1.29, 1.82) is 0 Å². The number of unbranched alkanes of at least 4 members (excludes halogenated alkanes) is 2. The van der Waals surface area contributed by atoms with Crippen molar-refractivity contribution in [3.05, 3.63) is 29.6 Å². The summed E-state index contributed by atoms with van der Waals surface area (Å²) >= 11 is 0. The Morgan fingerprint density at radius 2 is 1.50 bits per heavy atom. The zero-order chi connectivity index (χ0) is 25.9. The van der Waals surface area contributed by atoms with Gasteiger partial charge in [-0.25, -0.2) is 4.39 Å². The van der Waals surface area contributed by atoms with E-state index in [9.17, 15) is 48.7 Å². The summed E-state index contributed by atoms with van der Waals surface area (Å²) < 4.78 is 138. The number of benzene rings is 1. The first kappa shape index (κ1) is 28.2. The van der Waals surface area contributed by atoms with Gasteiger partial charge in [0, 0.05) is 5.92 Å². The van der Waals surface area contributed by atoms with Gasteiger partial charge >= 0.3 is 29.9 Å². The second-order valence-electron chi connectivity index (χ2n) is 8.46. The number of rotatable bonds is 9. The number of halogens is 10. The molecule has 0 bridgehead atoms. The fraction of sp³-hybridized carbons (Fsp3) is 0.682. The lowest BCUT2D eigenvalue weighted by molar-refractivity contribution is -0.404. The minimum Gasteiger partial charge on any atom is -0.423 e. The average Bonchev–Trinajstić information content (AvgIpc) is 2.74. The molecule has 1 saturated carbocycles. The second-order valence-corrected chi connectivity index (χ2v) is 8.46. The zero-order valence-corrected chi connectivity index (χ0v) is 18.1. The van der Waals surface area contributed by atoms with E-state index in [0.29, 0.717) is 12.0 Å². The monoisotopic (exact) mass is 510 g/mol. The lowest BCUT2D eigenvalue weighted by Crippen LogP contribution is -2.63. The molecule has 194 valence electrons. The summed E-state index contributed by atoms with van der Waals surface area (Å²) in [4.78, 5) is 12.3. The summed E-state index contributed by atoms with van der Waals surface area (Å²) in [5, 5.41) is 0. The van der Waals surface area contributed by atoms with Crippen LogP contribution < -0.4 is 4.74 Å². The van der Waals surface area contributed by atoms with Crippen molar-refractivity contribution in [2.24, 2.45) is 11.8 Å². The maximum absolute atomic E-state index is 14.2. The first-order chi connectivity index (χ1) is 15.6. The van der Waals surface area contributed by atoms with Crippen LogP contribution in [0, 0.1) is 17.7 Å². The molecule has 1 aromatic carbocycles. The number of hydrogen-bond donors (Lipinski definition) is 0. The summed E-state index contributed by atoms with van der Waals surface area (Å²) in [6.07, 6.45) is -6.42. The molecule has 1 aliphatic rings. The molecule has 2 nitrogen and oxygen atoms in total. The number of alkyl halides is 9. The number of aryl methyl sites for hydroxylation is 1. The summed E-state index contributed by atoms with van der Waals surface area (Å²) in [7, 11) is 0. The van der Waals surface area contributed by atoms with Crippen molar-refractivity contribution in [2.45, 2.75) is 82.2 Å². The van der Waals surface area contributed by atoms with Crippen molar-refractivity contribution < 1.29 is 53.4 Å². The van der Waals surface area contributed by atoms with Crippen LogP contribution in [0.25, 0.3) is 0 Å². The van der Waals surface area contributed by atoms with E-state index in [2.05, 4.69) is 0 Å². The molecule has 1 aromatic rings. The highest BCUT2D eigenvalue weighted by molar-refractivity contribution is 5.75. The third-order valence-corrected chi connectivity index (χ3v) is 6.02. The fourth-order valence-corrected chi connectivity index (χ4v) is 3.89. The Bertz CT molecular complexity index is 843. The maximum atomic E-state index is 14.2. The number of esters is 1. The Hall–Kier alpha value is -2.01. The van der Waals surface area contributed by atoms with Gasteiger partial charge in [0.1, 0.15) is 0 Å². The van der Waals surface area contributed by atoms with Crippen LogP contribution in [-0.2, 0) is 11.2 Å². The normalized spacial score (nSPS) is 20.3. The molecule has 2 rings (SSSR count). The summed E-state index contributed by atoms with van der Waals surface area (Å²) in [6.45, 7) is 2.00. The molecule has 0 unspecified atom stereocenters. The highest BCUT2D eigenvalue weighted by Gasteiger charge is 2.82. The molecule has 1 aliphatic carbocycles. The Morgan fingerprint density at radius 3 is 2.00 bits per heavy atom. The number of ether oxygens (including phenoxy) is 1. The molecule has 0 aromatic heterocycles. The van der Waals surface area contributed by atoms with E-state index in [1.54, 1.807) is 6.07 Å². The van der Waals surface area contributed by atoms with Gasteiger partial charge in [0.05, 0.1) is 5.92 Å². The smallest absolute Gasteiger partial charge is 0.423 e. The van der Waals surface area contributed by atoms with E-state index < -0.39 is 79.0 Å². The highest BCUT2D eigenvalue weighted by atomic mass is 19.4. The van der Waals surface area contributed by atoms with E-state index >= 15 is 0 Å². The van der Waals surface area contributed by atoms with E-state index in [1.807, 2.05) is 6.92 Å². The van der Waals surface area contributed by atoms with Gasteiger partial charge in [-0.15, -0.1) is 0 Å². The van der Waals surface area contributed by atoms with Crippen LogP contribution >= 0.6 is 0 Å². The van der Waals surface area contributed by atoms with Gasteiger partial charge in [-0.1, -0.05) is 25.8 Å². The predicted molar refractivity (Wildman–Crippen MR) is 102 cm³/mol. The molecule has 12 heteroatoms. The number of carbonyl (C=O) groups excluding carboxylic acids is 1. The van der Waals surface area contributed by atoms with Crippen molar-refractivity contribution in [3.8, 4) is 5.75 Å². The average molecular weight is 510 g/mol. The Morgan fingerprint density at radius 1 is 0.912 bits per heavy atom. The lowest BCUT2D eigenvalue weighted by atomic mass is 9.76. The Balaban J connectivity index is 2.01. The van der Waals surface area contributed by atoms with Crippen LogP contribution in [0.5, 0.6) is 5.75 Å². The minimum atomic E-state index is -6.94. The Labute approximate surface area is 189 Å². The molecular weight excluding hydrogens is 486 g/mol. The van der Waals surface area contributed by atoms with Gasteiger partial charge in [-0.2, -0.15) is 39.5 Å². The molecule has 0 N–H and O–H groups in total. The SMILES string of the molecule is CCCCCc1ccc(OC(=O)C2CCC(C(F)(F)C(F)(F)C(F)(F)C(F)(F)F)CC2)c(F)c1. The largest absolute Gasteiger partial charge is 0.460 e. The Kier molecular flexibility index (Phi) is 8.56. The third-order valence-electron chi connectivity index (χ3n) is 6.02. The minimum absolute atomic E-state index is 0.423.